The van der Waals surface area contributed by atoms with Gasteiger partial charge in [0.2, 0.25) is 10.0 Å². The van der Waals surface area contributed by atoms with Gasteiger partial charge in [-0.2, -0.15) is 4.31 Å². The topological polar surface area (TPSA) is 49.9 Å². The molecule has 1 heterocycles. The number of piperazine rings is 1. The lowest BCUT2D eigenvalue weighted by atomic mass is 10.2. The second kappa shape index (κ2) is 6.79. The summed E-state index contributed by atoms with van der Waals surface area (Å²) < 4.78 is 32.8. The van der Waals surface area contributed by atoms with Crippen LogP contribution >= 0.6 is 0 Å². The van der Waals surface area contributed by atoms with Crippen LogP contribution in [0.15, 0.2) is 23.1 Å². The first kappa shape index (κ1) is 16.7. The van der Waals surface area contributed by atoms with Gasteiger partial charge in [-0.15, -0.1) is 0 Å². The third-order valence-corrected chi connectivity index (χ3v) is 6.97. The standard InChI is InChI=1S/C17H26N2O3S/c1-14-7-8-16(22-2)17(13-14)23(20,21)19-11-9-18(10-12-19)15-5-3-4-6-15/h7-8,13,15H,3-6,9-12H2,1-2H3. The molecule has 0 N–H and O–H groups in total. The van der Waals surface area contributed by atoms with E-state index in [0.717, 1.165) is 18.7 Å². The van der Waals surface area contributed by atoms with Crippen LogP contribution < -0.4 is 4.74 Å². The number of hydrogen-bond acceptors (Lipinski definition) is 4. The minimum atomic E-state index is -3.49. The third kappa shape index (κ3) is 3.39. The summed E-state index contributed by atoms with van der Waals surface area (Å²) in [5.41, 5.74) is 0.925. The SMILES string of the molecule is COc1ccc(C)cc1S(=O)(=O)N1CCN(C2CCCC2)CC1. The molecular weight excluding hydrogens is 312 g/mol. The van der Waals surface area contributed by atoms with Crippen LogP contribution in [0.4, 0.5) is 0 Å². The Morgan fingerprint density at radius 3 is 2.35 bits per heavy atom. The Balaban J connectivity index is 1.75. The van der Waals surface area contributed by atoms with Gasteiger partial charge in [0.15, 0.2) is 0 Å². The molecule has 0 atom stereocenters. The summed E-state index contributed by atoms with van der Waals surface area (Å²) in [6, 6.07) is 5.97. The van der Waals surface area contributed by atoms with E-state index in [1.54, 1.807) is 16.4 Å². The van der Waals surface area contributed by atoms with Crippen LogP contribution in [0, 0.1) is 6.92 Å². The molecule has 0 unspecified atom stereocenters. The summed E-state index contributed by atoms with van der Waals surface area (Å²) in [4.78, 5) is 2.75. The van der Waals surface area contributed by atoms with Crippen molar-refractivity contribution in [3.8, 4) is 5.75 Å². The molecule has 0 spiro atoms. The van der Waals surface area contributed by atoms with Gasteiger partial charge >= 0.3 is 0 Å². The monoisotopic (exact) mass is 338 g/mol. The van der Waals surface area contributed by atoms with Gasteiger partial charge < -0.3 is 4.74 Å². The van der Waals surface area contributed by atoms with E-state index in [9.17, 15) is 8.42 Å². The van der Waals surface area contributed by atoms with Gasteiger partial charge in [-0.1, -0.05) is 18.9 Å². The number of nitrogens with zero attached hydrogens (tertiary/aromatic N) is 2. The normalized spacial score (nSPS) is 21.7. The highest BCUT2D eigenvalue weighted by atomic mass is 32.2. The van der Waals surface area contributed by atoms with Crippen LogP contribution in [-0.4, -0.2) is 57.0 Å². The third-order valence-electron chi connectivity index (χ3n) is 5.05. The maximum atomic E-state index is 13.0. The van der Waals surface area contributed by atoms with Gasteiger partial charge in [0.25, 0.3) is 0 Å². The van der Waals surface area contributed by atoms with Crippen LogP contribution in [-0.2, 0) is 10.0 Å². The van der Waals surface area contributed by atoms with Crippen LogP contribution in [0.1, 0.15) is 31.2 Å². The van der Waals surface area contributed by atoms with Crippen LogP contribution in [0.2, 0.25) is 0 Å². The molecule has 2 fully saturated rings. The Morgan fingerprint density at radius 2 is 1.74 bits per heavy atom. The average molecular weight is 338 g/mol. The van der Waals surface area contributed by atoms with Gasteiger partial charge in [-0.05, 0) is 37.5 Å². The Kier molecular flexibility index (Phi) is 4.94. The zero-order chi connectivity index (χ0) is 16.4. The molecule has 1 aliphatic carbocycles. The van der Waals surface area contributed by atoms with E-state index in [1.807, 2.05) is 13.0 Å². The number of sulfonamides is 1. The molecule has 6 heteroatoms. The molecule has 1 aliphatic heterocycles. The van der Waals surface area contributed by atoms with Gasteiger partial charge in [0.1, 0.15) is 10.6 Å². The van der Waals surface area contributed by atoms with Crippen molar-refractivity contribution < 1.29 is 13.2 Å². The minimum Gasteiger partial charge on any atom is -0.495 e. The molecule has 3 rings (SSSR count). The van der Waals surface area contributed by atoms with E-state index in [1.165, 1.54) is 32.8 Å². The fraction of sp³-hybridized carbons (Fsp3) is 0.647. The molecule has 128 valence electrons. The maximum absolute atomic E-state index is 13.0. The smallest absolute Gasteiger partial charge is 0.246 e. The summed E-state index contributed by atoms with van der Waals surface area (Å²) in [7, 11) is -1.98. The molecule has 1 saturated heterocycles. The fourth-order valence-electron chi connectivity index (χ4n) is 3.70. The average Bonchev–Trinajstić information content (AvgIpc) is 3.09. The first-order valence-electron chi connectivity index (χ1n) is 8.41. The molecule has 5 nitrogen and oxygen atoms in total. The first-order chi connectivity index (χ1) is 11.0. The second-order valence-corrected chi connectivity index (χ2v) is 8.44. The Bertz CT molecular complexity index is 646. The zero-order valence-electron chi connectivity index (χ0n) is 14.0. The van der Waals surface area contributed by atoms with Gasteiger partial charge in [-0.25, -0.2) is 8.42 Å². The number of methoxy groups -OCH3 is 1. The number of aryl methyl sites for hydroxylation is 1. The van der Waals surface area contributed by atoms with Crippen molar-refractivity contribution in [1.29, 1.82) is 0 Å². The summed E-state index contributed by atoms with van der Waals surface area (Å²) in [5, 5.41) is 0. The predicted molar refractivity (Wildman–Crippen MR) is 90.3 cm³/mol. The van der Waals surface area contributed by atoms with Crippen molar-refractivity contribution in [1.82, 2.24) is 9.21 Å². The lowest BCUT2D eigenvalue weighted by molar-refractivity contribution is 0.139. The fourth-order valence-corrected chi connectivity index (χ4v) is 5.37. The Morgan fingerprint density at radius 1 is 1.09 bits per heavy atom. The Labute approximate surface area is 139 Å². The Hall–Kier alpha value is -1.11. The maximum Gasteiger partial charge on any atom is 0.246 e. The number of rotatable bonds is 4. The number of benzene rings is 1. The van der Waals surface area contributed by atoms with Crippen molar-refractivity contribution >= 4 is 10.0 Å². The molecule has 23 heavy (non-hydrogen) atoms. The van der Waals surface area contributed by atoms with Gasteiger partial charge in [-0.3, -0.25) is 4.90 Å². The van der Waals surface area contributed by atoms with Crippen LogP contribution in [0.25, 0.3) is 0 Å². The lowest BCUT2D eigenvalue weighted by Gasteiger charge is -2.37. The summed E-state index contributed by atoms with van der Waals surface area (Å²) >= 11 is 0. The van der Waals surface area contributed by atoms with Gasteiger partial charge in [0.05, 0.1) is 7.11 Å². The zero-order valence-corrected chi connectivity index (χ0v) is 14.8. The molecule has 0 aromatic heterocycles. The first-order valence-corrected chi connectivity index (χ1v) is 9.85. The number of ether oxygens (including phenoxy) is 1. The molecule has 2 aliphatic rings. The highest BCUT2D eigenvalue weighted by molar-refractivity contribution is 7.89. The lowest BCUT2D eigenvalue weighted by Crippen LogP contribution is -2.51. The molecular formula is C17H26N2O3S. The second-order valence-electron chi connectivity index (χ2n) is 6.53. The van der Waals surface area contributed by atoms with Crippen LogP contribution in [0.3, 0.4) is 0 Å². The summed E-state index contributed by atoms with van der Waals surface area (Å²) in [5.74, 6) is 0.425. The summed E-state index contributed by atoms with van der Waals surface area (Å²) in [6.07, 6.45) is 5.14. The molecule has 1 aromatic rings. The predicted octanol–water partition coefficient (Wildman–Crippen LogP) is 2.25. The molecule has 0 amide bonds. The van der Waals surface area contributed by atoms with E-state index < -0.39 is 10.0 Å². The van der Waals surface area contributed by atoms with Crippen LogP contribution in [0.5, 0.6) is 5.75 Å². The molecule has 1 aromatic carbocycles. The number of hydrogen-bond donors (Lipinski definition) is 0. The van der Waals surface area contributed by atoms with E-state index in [0.29, 0.717) is 24.9 Å². The van der Waals surface area contributed by atoms with Crippen molar-refractivity contribution in [2.45, 2.75) is 43.5 Å². The molecule has 0 bridgehead atoms. The van der Waals surface area contributed by atoms with Crippen molar-refractivity contribution in [2.75, 3.05) is 33.3 Å². The quantitative estimate of drug-likeness (QED) is 0.845. The molecule has 1 saturated carbocycles. The van der Waals surface area contributed by atoms with E-state index in [2.05, 4.69) is 4.90 Å². The van der Waals surface area contributed by atoms with Crippen molar-refractivity contribution in [3.63, 3.8) is 0 Å². The highest BCUT2D eigenvalue weighted by Crippen LogP contribution is 2.30. The highest BCUT2D eigenvalue weighted by Gasteiger charge is 2.33. The van der Waals surface area contributed by atoms with E-state index in [4.69, 9.17) is 4.74 Å². The van der Waals surface area contributed by atoms with Gasteiger partial charge in [0, 0.05) is 32.2 Å². The largest absolute Gasteiger partial charge is 0.495 e. The molecule has 0 radical (unpaired) electrons. The van der Waals surface area contributed by atoms with Crippen molar-refractivity contribution in [3.05, 3.63) is 23.8 Å². The van der Waals surface area contributed by atoms with E-state index >= 15 is 0 Å². The summed E-state index contributed by atoms with van der Waals surface area (Å²) in [6.45, 7) is 4.69. The minimum absolute atomic E-state index is 0.286. The van der Waals surface area contributed by atoms with Crippen molar-refractivity contribution in [2.24, 2.45) is 0 Å². The van der Waals surface area contributed by atoms with E-state index in [-0.39, 0.29) is 4.90 Å².